The van der Waals surface area contributed by atoms with Crippen molar-refractivity contribution in [3.63, 3.8) is 0 Å². The molecule has 2 aliphatic heterocycles. The molecule has 5 rings (SSSR count). The Labute approximate surface area is 187 Å². The predicted molar refractivity (Wildman–Crippen MR) is 114 cm³/mol. The summed E-state index contributed by atoms with van der Waals surface area (Å²) in [5.41, 5.74) is -0.862. The number of nitrogens with one attached hydrogen (secondary N) is 1. The van der Waals surface area contributed by atoms with Crippen LogP contribution in [0.15, 0.2) is 35.2 Å². The first kappa shape index (κ1) is 21.4. The van der Waals surface area contributed by atoms with Crippen molar-refractivity contribution in [2.75, 3.05) is 13.1 Å². The fourth-order valence-corrected chi connectivity index (χ4v) is 7.20. The molecule has 2 saturated carbocycles. The summed E-state index contributed by atoms with van der Waals surface area (Å²) in [6.45, 7) is 0.969. The summed E-state index contributed by atoms with van der Waals surface area (Å²) in [5.74, 6) is -2.04. The lowest BCUT2D eigenvalue weighted by Gasteiger charge is -2.35. The number of fused-ring (bicyclic) bond motifs is 2. The van der Waals surface area contributed by atoms with E-state index in [-0.39, 0.29) is 41.8 Å². The van der Waals surface area contributed by atoms with Crippen LogP contribution in [0, 0.1) is 23.2 Å². The third-order valence-corrected chi connectivity index (χ3v) is 9.56. The number of nitriles is 1. The number of carbonyl (C=O) groups excluding carboxylic acids is 2. The van der Waals surface area contributed by atoms with Gasteiger partial charge in [0.1, 0.15) is 5.54 Å². The second kappa shape index (κ2) is 7.85. The third-order valence-electron chi connectivity index (χ3n) is 7.37. The minimum atomic E-state index is -3.69. The van der Waals surface area contributed by atoms with Gasteiger partial charge in [0.2, 0.25) is 11.8 Å². The molecule has 5 atom stereocenters. The van der Waals surface area contributed by atoms with Gasteiger partial charge in [-0.05, 0) is 50.7 Å². The smallest absolute Gasteiger partial charge is 0.226 e. The number of benzene rings is 1. The number of rotatable bonds is 5. The highest BCUT2D eigenvalue weighted by Crippen LogP contribution is 2.42. The molecular weight excluding hydrogens is 430 g/mol. The summed E-state index contributed by atoms with van der Waals surface area (Å²) in [5, 5.41) is 11.4. The molecule has 4 aliphatic rings. The highest BCUT2D eigenvalue weighted by atomic mass is 32.2. The van der Waals surface area contributed by atoms with Crippen LogP contribution in [-0.2, 0) is 24.2 Å². The molecule has 32 heavy (non-hydrogen) atoms. The van der Waals surface area contributed by atoms with E-state index < -0.39 is 32.5 Å². The molecule has 1 N–H and O–H groups in total. The van der Waals surface area contributed by atoms with E-state index in [1.54, 1.807) is 35.2 Å². The average Bonchev–Trinajstić information content (AvgIpc) is 3.28. The normalized spacial score (nSPS) is 32.8. The van der Waals surface area contributed by atoms with Gasteiger partial charge >= 0.3 is 0 Å². The molecular formula is C23H27N3O5S. The quantitative estimate of drug-likeness (QED) is 0.715. The number of morpholine rings is 1. The fourth-order valence-electron chi connectivity index (χ4n) is 5.36. The average molecular weight is 458 g/mol. The van der Waals surface area contributed by atoms with Gasteiger partial charge in [0.15, 0.2) is 9.84 Å². The number of carbonyl (C=O) groups is 2. The minimum Gasteiger partial charge on any atom is -0.371 e. The molecule has 2 saturated heterocycles. The molecule has 0 aromatic heterocycles. The lowest BCUT2D eigenvalue weighted by atomic mass is 9.93. The summed E-state index contributed by atoms with van der Waals surface area (Å²) < 4.78 is 32.4. The van der Waals surface area contributed by atoms with E-state index in [4.69, 9.17) is 4.74 Å². The van der Waals surface area contributed by atoms with Gasteiger partial charge in [-0.25, -0.2) is 8.42 Å². The lowest BCUT2D eigenvalue weighted by molar-refractivity contribution is -0.148. The van der Waals surface area contributed by atoms with Crippen LogP contribution in [0.25, 0.3) is 0 Å². The molecule has 2 amide bonds. The second-order valence-corrected chi connectivity index (χ2v) is 11.8. The van der Waals surface area contributed by atoms with Crippen LogP contribution in [-0.4, -0.2) is 61.2 Å². The largest absolute Gasteiger partial charge is 0.371 e. The van der Waals surface area contributed by atoms with Crippen LogP contribution in [0.3, 0.4) is 0 Å². The van der Waals surface area contributed by atoms with Crippen LogP contribution in [0.5, 0.6) is 0 Å². The molecule has 2 bridgehead atoms. The van der Waals surface area contributed by atoms with Crippen LogP contribution in [0.1, 0.15) is 38.5 Å². The maximum atomic E-state index is 13.5. The fraction of sp³-hybridized carbons (Fsp3) is 0.609. The van der Waals surface area contributed by atoms with Gasteiger partial charge in [-0.2, -0.15) is 5.26 Å². The Morgan fingerprint density at radius 1 is 1.06 bits per heavy atom. The first-order chi connectivity index (χ1) is 15.3. The summed E-state index contributed by atoms with van der Waals surface area (Å²) in [4.78, 5) is 28.6. The number of nitrogens with zero attached hydrogens (tertiary/aromatic N) is 2. The molecule has 2 unspecified atom stereocenters. The van der Waals surface area contributed by atoms with Crippen molar-refractivity contribution >= 4 is 21.7 Å². The minimum absolute atomic E-state index is 0.0172. The monoisotopic (exact) mass is 457 g/mol. The molecule has 1 aromatic rings. The van der Waals surface area contributed by atoms with Crippen molar-refractivity contribution < 1.29 is 22.7 Å². The second-order valence-electron chi connectivity index (χ2n) is 9.55. The molecule has 2 aliphatic carbocycles. The van der Waals surface area contributed by atoms with Gasteiger partial charge in [0, 0.05) is 13.1 Å². The molecule has 8 nitrogen and oxygen atoms in total. The van der Waals surface area contributed by atoms with Crippen molar-refractivity contribution in [3.8, 4) is 6.07 Å². The molecule has 4 fully saturated rings. The Hall–Kier alpha value is -2.44. The lowest BCUT2D eigenvalue weighted by Crippen LogP contribution is -2.50. The zero-order valence-corrected chi connectivity index (χ0v) is 18.6. The van der Waals surface area contributed by atoms with Crippen molar-refractivity contribution in [1.82, 2.24) is 10.2 Å². The standard InChI is InChI=1S/C23H27N3O5S/c24-14-23(8-9-23)25-21(27)19-10-18(32(29,30)17-4-2-1-3-5-17)11-20(19)22(28)26-12-15-6-7-16(13-26)31-15/h1-5,15-16,18-20H,6-13H2,(H,25,27)/t15?,16?,18-,19-,20-/m1/s1. The van der Waals surface area contributed by atoms with Gasteiger partial charge in [0.05, 0.1) is 40.3 Å². The van der Waals surface area contributed by atoms with Crippen molar-refractivity contribution in [3.05, 3.63) is 30.3 Å². The number of hydrogen-bond donors (Lipinski definition) is 1. The molecule has 1 aromatic carbocycles. The topological polar surface area (TPSA) is 117 Å². The van der Waals surface area contributed by atoms with Gasteiger partial charge in [-0.3, -0.25) is 9.59 Å². The number of ether oxygens (including phenoxy) is 1. The molecule has 0 spiro atoms. The first-order valence-corrected chi connectivity index (χ1v) is 12.8. The highest BCUT2D eigenvalue weighted by Gasteiger charge is 2.52. The van der Waals surface area contributed by atoms with Crippen molar-refractivity contribution in [1.29, 1.82) is 5.26 Å². The Morgan fingerprint density at radius 2 is 1.69 bits per heavy atom. The van der Waals surface area contributed by atoms with E-state index in [9.17, 15) is 23.3 Å². The molecule has 9 heteroatoms. The van der Waals surface area contributed by atoms with Crippen LogP contribution >= 0.6 is 0 Å². The third kappa shape index (κ3) is 3.80. The van der Waals surface area contributed by atoms with E-state index in [0.717, 1.165) is 12.8 Å². The van der Waals surface area contributed by atoms with Gasteiger partial charge in [-0.15, -0.1) is 0 Å². The molecule has 2 heterocycles. The van der Waals surface area contributed by atoms with E-state index in [2.05, 4.69) is 11.4 Å². The highest BCUT2D eigenvalue weighted by molar-refractivity contribution is 7.92. The van der Waals surface area contributed by atoms with Gasteiger partial charge in [0.25, 0.3) is 0 Å². The van der Waals surface area contributed by atoms with E-state index in [1.165, 1.54) is 0 Å². The predicted octanol–water partition coefficient (Wildman–Crippen LogP) is 1.42. The Bertz CT molecular complexity index is 1050. The van der Waals surface area contributed by atoms with Crippen molar-refractivity contribution in [2.45, 2.75) is 66.4 Å². The van der Waals surface area contributed by atoms with E-state index in [1.807, 2.05) is 0 Å². The number of amides is 2. The number of hydrogen-bond acceptors (Lipinski definition) is 6. The van der Waals surface area contributed by atoms with Crippen LogP contribution in [0.4, 0.5) is 0 Å². The maximum absolute atomic E-state index is 13.5. The zero-order valence-electron chi connectivity index (χ0n) is 17.8. The van der Waals surface area contributed by atoms with Crippen LogP contribution < -0.4 is 5.32 Å². The van der Waals surface area contributed by atoms with Crippen molar-refractivity contribution in [2.24, 2.45) is 11.8 Å². The van der Waals surface area contributed by atoms with Crippen LogP contribution in [0.2, 0.25) is 0 Å². The zero-order chi connectivity index (χ0) is 22.5. The number of sulfone groups is 1. The van der Waals surface area contributed by atoms with Gasteiger partial charge in [-0.1, -0.05) is 18.2 Å². The summed E-state index contributed by atoms with van der Waals surface area (Å²) in [6.07, 6.45) is 3.22. The summed E-state index contributed by atoms with van der Waals surface area (Å²) >= 11 is 0. The van der Waals surface area contributed by atoms with Gasteiger partial charge < -0.3 is 15.0 Å². The summed E-state index contributed by atoms with van der Waals surface area (Å²) in [6, 6.07) is 10.3. The van der Waals surface area contributed by atoms with E-state index in [0.29, 0.717) is 25.9 Å². The Morgan fingerprint density at radius 3 is 2.28 bits per heavy atom. The SMILES string of the molecule is N#CC1(NC(=O)[C@@H]2C[C@@H](S(=O)(=O)c3ccccc3)C[C@H]2C(=O)N2CC3CCC(C2)O3)CC1. The molecule has 170 valence electrons. The summed E-state index contributed by atoms with van der Waals surface area (Å²) in [7, 11) is -3.69. The maximum Gasteiger partial charge on any atom is 0.226 e. The Kier molecular flexibility index (Phi) is 5.25. The van der Waals surface area contributed by atoms with E-state index >= 15 is 0 Å². The Balaban J connectivity index is 1.40. The first-order valence-electron chi connectivity index (χ1n) is 11.3. The molecule has 0 radical (unpaired) electrons. The number of likely N-dealkylation sites (tertiary alicyclic amines) is 1.